The predicted octanol–water partition coefficient (Wildman–Crippen LogP) is 1.32. The molecule has 1 aromatic carbocycles. The first-order chi connectivity index (χ1) is 7.85. The third-order valence-corrected chi connectivity index (χ3v) is 2.69. The highest BCUT2D eigenvalue weighted by Crippen LogP contribution is 2.21. The first kappa shape index (κ1) is 11.6. The second-order valence-electron chi connectivity index (χ2n) is 3.54. The van der Waals surface area contributed by atoms with Gasteiger partial charge in [-0.25, -0.2) is 4.79 Å². The van der Waals surface area contributed by atoms with E-state index in [-0.39, 0.29) is 11.3 Å². The molecule has 0 fully saturated rings. The lowest BCUT2D eigenvalue weighted by Crippen LogP contribution is -2.10. The molecule has 0 spiro atoms. The standard InChI is InChI=1S/C10H9NO5S/c1-6-4-10(12)16-9-5-7(2-3-8(6)9)11-17(13,14)15/h2-5,11H,1H3,(H,13,14,15). The molecule has 1 heterocycles. The van der Waals surface area contributed by atoms with E-state index in [1.807, 2.05) is 4.72 Å². The van der Waals surface area contributed by atoms with Crippen LogP contribution in [0.1, 0.15) is 5.56 Å². The van der Waals surface area contributed by atoms with Gasteiger partial charge < -0.3 is 4.42 Å². The fraction of sp³-hybridized carbons (Fsp3) is 0.100. The van der Waals surface area contributed by atoms with Crippen LogP contribution >= 0.6 is 0 Å². The van der Waals surface area contributed by atoms with Crippen molar-refractivity contribution in [3.05, 3.63) is 40.2 Å². The van der Waals surface area contributed by atoms with Gasteiger partial charge in [0.2, 0.25) is 0 Å². The molecule has 0 bridgehead atoms. The van der Waals surface area contributed by atoms with E-state index in [0.29, 0.717) is 5.39 Å². The zero-order valence-corrected chi connectivity index (χ0v) is 9.61. The molecule has 0 saturated carbocycles. The van der Waals surface area contributed by atoms with Gasteiger partial charge in [0.25, 0.3) is 0 Å². The van der Waals surface area contributed by atoms with Crippen LogP contribution in [0.3, 0.4) is 0 Å². The third kappa shape index (κ3) is 2.63. The molecule has 2 N–H and O–H groups in total. The zero-order valence-electron chi connectivity index (χ0n) is 8.80. The van der Waals surface area contributed by atoms with E-state index in [9.17, 15) is 13.2 Å². The quantitative estimate of drug-likeness (QED) is 0.623. The van der Waals surface area contributed by atoms with Gasteiger partial charge in [0.15, 0.2) is 0 Å². The second kappa shape index (κ2) is 3.86. The van der Waals surface area contributed by atoms with E-state index in [1.54, 1.807) is 13.0 Å². The van der Waals surface area contributed by atoms with Crippen molar-refractivity contribution in [2.24, 2.45) is 0 Å². The van der Waals surface area contributed by atoms with E-state index in [0.717, 1.165) is 5.56 Å². The Kier molecular flexibility index (Phi) is 2.64. The molecule has 0 aliphatic heterocycles. The maximum absolute atomic E-state index is 11.1. The van der Waals surface area contributed by atoms with Crippen LogP contribution in [0.15, 0.2) is 33.5 Å². The van der Waals surface area contributed by atoms with Gasteiger partial charge in [-0.1, -0.05) is 0 Å². The summed E-state index contributed by atoms with van der Waals surface area (Å²) in [5, 5.41) is 0.700. The molecule has 0 amide bonds. The summed E-state index contributed by atoms with van der Waals surface area (Å²) in [6, 6.07) is 5.74. The van der Waals surface area contributed by atoms with Gasteiger partial charge in [0, 0.05) is 17.5 Å². The Bertz CT molecular complexity index is 732. The normalized spacial score (nSPS) is 11.6. The van der Waals surface area contributed by atoms with Crippen molar-refractivity contribution >= 4 is 27.0 Å². The monoisotopic (exact) mass is 255 g/mol. The average Bonchev–Trinajstić information content (AvgIpc) is 2.13. The molecular formula is C10H9NO5S. The Morgan fingerprint density at radius 1 is 1.29 bits per heavy atom. The SMILES string of the molecule is Cc1cc(=O)oc2cc(NS(=O)(=O)O)ccc12. The summed E-state index contributed by atoms with van der Waals surface area (Å²) in [6.45, 7) is 1.75. The van der Waals surface area contributed by atoms with Gasteiger partial charge in [-0.2, -0.15) is 8.42 Å². The minimum Gasteiger partial charge on any atom is -0.423 e. The third-order valence-electron chi connectivity index (χ3n) is 2.20. The van der Waals surface area contributed by atoms with Crippen LogP contribution in [-0.2, 0) is 10.3 Å². The van der Waals surface area contributed by atoms with Crippen molar-refractivity contribution in [1.82, 2.24) is 0 Å². The van der Waals surface area contributed by atoms with Gasteiger partial charge in [-0.05, 0) is 24.6 Å². The van der Waals surface area contributed by atoms with Crippen molar-refractivity contribution in [2.45, 2.75) is 6.92 Å². The van der Waals surface area contributed by atoms with E-state index >= 15 is 0 Å². The Morgan fingerprint density at radius 2 is 2.00 bits per heavy atom. The van der Waals surface area contributed by atoms with Crippen LogP contribution < -0.4 is 10.3 Å². The molecule has 0 aliphatic carbocycles. The number of nitrogens with one attached hydrogen (secondary N) is 1. The minimum atomic E-state index is -4.34. The molecule has 7 heteroatoms. The first-order valence-electron chi connectivity index (χ1n) is 4.65. The maximum atomic E-state index is 11.1. The van der Waals surface area contributed by atoms with Crippen LogP contribution in [0, 0.1) is 6.92 Å². The van der Waals surface area contributed by atoms with E-state index in [4.69, 9.17) is 8.97 Å². The summed E-state index contributed by atoms with van der Waals surface area (Å²) >= 11 is 0. The first-order valence-corrected chi connectivity index (χ1v) is 6.09. The highest BCUT2D eigenvalue weighted by molar-refractivity contribution is 7.87. The highest BCUT2D eigenvalue weighted by atomic mass is 32.2. The van der Waals surface area contributed by atoms with Crippen molar-refractivity contribution in [3.8, 4) is 0 Å². The Hall–Kier alpha value is -1.86. The van der Waals surface area contributed by atoms with Gasteiger partial charge in [0.1, 0.15) is 5.58 Å². The van der Waals surface area contributed by atoms with Crippen LogP contribution in [-0.4, -0.2) is 13.0 Å². The van der Waals surface area contributed by atoms with Crippen LogP contribution in [0.4, 0.5) is 5.69 Å². The largest absolute Gasteiger partial charge is 0.423 e. The number of fused-ring (bicyclic) bond motifs is 1. The van der Waals surface area contributed by atoms with Gasteiger partial charge >= 0.3 is 15.9 Å². The number of hydrogen-bond acceptors (Lipinski definition) is 4. The fourth-order valence-electron chi connectivity index (χ4n) is 1.54. The Balaban J connectivity index is 2.62. The molecule has 2 rings (SSSR count). The Morgan fingerprint density at radius 3 is 2.65 bits per heavy atom. The summed E-state index contributed by atoms with van der Waals surface area (Å²) in [5.41, 5.74) is 0.589. The second-order valence-corrected chi connectivity index (χ2v) is 4.69. The van der Waals surface area contributed by atoms with E-state index in [2.05, 4.69) is 0 Å². The molecule has 2 aromatic rings. The number of anilines is 1. The summed E-state index contributed by atoms with van der Waals surface area (Å²) in [4.78, 5) is 11.1. The average molecular weight is 255 g/mol. The summed E-state index contributed by atoms with van der Waals surface area (Å²) < 4.78 is 36.7. The lowest BCUT2D eigenvalue weighted by Gasteiger charge is -2.04. The van der Waals surface area contributed by atoms with Crippen molar-refractivity contribution in [1.29, 1.82) is 0 Å². The molecular weight excluding hydrogens is 246 g/mol. The van der Waals surface area contributed by atoms with Gasteiger partial charge in [-0.3, -0.25) is 9.27 Å². The summed E-state index contributed by atoms with van der Waals surface area (Å²) in [5.74, 6) is 0. The molecule has 0 aliphatic rings. The topological polar surface area (TPSA) is 96.6 Å². The highest BCUT2D eigenvalue weighted by Gasteiger charge is 2.07. The van der Waals surface area contributed by atoms with Crippen molar-refractivity contribution < 1.29 is 17.4 Å². The van der Waals surface area contributed by atoms with Crippen molar-refractivity contribution in [2.75, 3.05) is 4.72 Å². The van der Waals surface area contributed by atoms with Crippen LogP contribution in [0.2, 0.25) is 0 Å². The number of hydrogen-bond donors (Lipinski definition) is 2. The lowest BCUT2D eigenvalue weighted by molar-refractivity contribution is 0.490. The lowest BCUT2D eigenvalue weighted by atomic mass is 10.1. The van der Waals surface area contributed by atoms with Crippen LogP contribution in [0.25, 0.3) is 11.0 Å². The van der Waals surface area contributed by atoms with Crippen molar-refractivity contribution in [3.63, 3.8) is 0 Å². The molecule has 90 valence electrons. The molecule has 0 radical (unpaired) electrons. The molecule has 0 unspecified atom stereocenters. The van der Waals surface area contributed by atoms with E-state index < -0.39 is 15.9 Å². The van der Waals surface area contributed by atoms with Gasteiger partial charge in [0.05, 0.1) is 5.69 Å². The van der Waals surface area contributed by atoms with E-state index in [1.165, 1.54) is 18.2 Å². The fourth-order valence-corrected chi connectivity index (χ4v) is 1.96. The number of aryl methyl sites for hydroxylation is 1. The molecule has 0 atom stereocenters. The number of rotatable bonds is 2. The number of benzene rings is 1. The smallest absolute Gasteiger partial charge is 0.357 e. The van der Waals surface area contributed by atoms with Crippen LogP contribution in [0.5, 0.6) is 0 Å². The Labute approximate surface area is 96.8 Å². The zero-order chi connectivity index (χ0) is 12.6. The molecule has 1 aromatic heterocycles. The molecule has 6 nitrogen and oxygen atoms in total. The molecule has 0 saturated heterocycles. The summed E-state index contributed by atoms with van der Waals surface area (Å²) in [7, 11) is -4.34. The summed E-state index contributed by atoms with van der Waals surface area (Å²) in [6.07, 6.45) is 0. The van der Waals surface area contributed by atoms with Gasteiger partial charge in [-0.15, -0.1) is 0 Å². The maximum Gasteiger partial charge on any atom is 0.357 e. The molecule has 17 heavy (non-hydrogen) atoms. The predicted molar refractivity (Wildman–Crippen MR) is 62.4 cm³/mol. The minimum absolute atomic E-state index is 0.119.